The van der Waals surface area contributed by atoms with Crippen LogP contribution in [0.25, 0.3) is 0 Å². The Balaban J connectivity index is 1.97. The monoisotopic (exact) mass is 325 g/mol. The summed E-state index contributed by atoms with van der Waals surface area (Å²) in [4.78, 5) is 12.4. The SMILES string of the molecule is CCc1ccc([C@H](C)NC(=O)[C@H](C)Oc2ccccc2CC)cc1. The zero-order valence-electron chi connectivity index (χ0n) is 15.0. The molecule has 2 atom stereocenters. The van der Waals surface area contributed by atoms with Crippen LogP contribution in [0.15, 0.2) is 48.5 Å². The first-order chi connectivity index (χ1) is 11.5. The van der Waals surface area contributed by atoms with E-state index in [1.165, 1.54) is 5.56 Å². The van der Waals surface area contributed by atoms with Gasteiger partial charge in [0.2, 0.25) is 0 Å². The summed E-state index contributed by atoms with van der Waals surface area (Å²) >= 11 is 0. The highest BCUT2D eigenvalue weighted by Crippen LogP contribution is 2.20. The lowest BCUT2D eigenvalue weighted by molar-refractivity contribution is -0.127. The fourth-order valence-corrected chi connectivity index (χ4v) is 2.61. The first kappa shape index (κ1) is 18.1. The van der Waals surface area contributed by atoms with Crippen LogP contribution in [0.5, 0.6) is 5.75 Å². The summed E-state index contributed by atoms with van der Waals surface area (Å²) in [6, 6.07) is 16.2. The molecule has 0 heterocycles. The summed E-state index contributed by atoms with van der Waals surface area (Å²) in [6.07, 6.45) is 1.36. The Morgan fingerprint density at radius 2 is 1.67 bits per heavy atom. The first-order valence-electron chi connectivity index (χ1n) is 8.68. The molecule has 3 nitrogen and oxygen atoms in total. The van der Waals surface area contributed by atoms with E-state index in [2.05, 4.69) is 43.4 Å². The molecule has 0 aliphatic heterocycles. The highest BCUT2D eigenvalue weighted by Gasteiger charge is 2.18. The minimum Gasteiger partial charge on any atom is -0.481 e. The Bertz CT molecular complexity index is 664. The number of hydrogen-bond donors (Lipinski definition) is 1. The molecule has 0 aliphatic rings. The van der Waals surface area contributed by atoms with Gasteiger partial charge in [-0.1, -0.05) is 56.3 Å². The summed E-state index contributed by atoms with van der Waals surface area (Å²) in [6.45, 7) is 7.99. The van der Waals surface area contributed by atoms with Gasteiger partial charge in [0.15, 0.2) is 6.10 Å². The van der Waals surface area contributed by atoms with Gasteiger partial charge in [-0.25, -0.2) is 0 Å². The molecule has 0 spiro atoms. The van der Waals surface area contributed by atoms with Crippen molar-refractivity contribution < 1.29 is 9.53 Å². The van der Waals surface area contributed by atoms with Crippen LogP contribution in [0.2, 0.25) is 0 Å². The van der Waals surface area contributed by atoms with Crippen molar-refractivity contribution in [1.29, 1.82) is 0 Å². The minimum atomic E-state index is -0.532. The van der Waals surface area contributed by atoms with E-state index >= 15 is 0 Å². The number of para-hydroxylation sites is 1. The van der Waals surface area contributed by atoms with Crippen molar-refractivity contribution in [1.82, 2.24) is 5.32 Å². The van der Waals surface area contributed by atoms with Crippen molar-refractivity contribution in [2.24, 2.45) is 0 Å². The van der Waals surface area contributed by atoms with E-state index in [9.17, 15) is 4.79 Å². The molecule has 1 N–H and O–H groups in total. The predicted octanol–water partition coefficient (Wildman–Crippen LogP) is 4.46. The minimum absolute atomic E-state index is 0.0455. The normalized spacial score (nSPS) is 13.2. The maximum Gasteiger partial charge on any atom is 0.261 e. The van der Waals surface area contributed by atoms with Gasteiger partial charge in [0.1, 0.15) is 5.75 Å². The molecule has 0 bridgehead atoms. The van der Waals surface area contributed by atoms with Crippen LogP contribution in [0.3, 0.4) is 0 Å². The number of rotatable bonds is 7. The first-order valence-corrected chi connectivity index (χ1v) is 8.68. The molecule has 0 saturated carbocycles. The van der Waals surface area contributed by atoms with E-state index in [1.54, 1.807) is 6.92 Å². The van der Waals surface area contributed by atoms with E-state index in [0.29, 0.717) is 0 Å². The van der Waals surface area contributed by atoms with Crippen LogP contribution in [0.1, 0.15) is 50.4 Å². The van der Waals surface area contributed by atoms with Crippen LogP contribution in [0.4, 0.5) is 0 Å². The molecular weight excluding hydrogens is 298 g/mol. The summed E-state index contributed by atoms with van der Waals surface area (Å²) in [7, 11) is 0. The Kier molecular flexibility index (Phi) is 6.42. The summed E-state index contributed by atoms with van der Waals surface area (Å²) in [5, 5.41) is 3.03. The van der Waals surface area contributed by atoms with E-state index in [1.807, 2.05) is 31.2 Å². The second-order valence-corrected chi connectivity index (χ2v) is 6.05. The van der Waals surface area contributed by atoms with Crippen LogP contribution >= 0.6 is 0 Å². The van der Waals surface area contributed by atoms with Gasteiger partial charge in [-0.3, -0.25) is 4.79 Å². The van der Waals surface area contributed by atoms with Crippen LogP contribution < -0.4 is 10.1 Å². The Hall–Kier alpha value is -2.29. The van der Waals surface area contributed by atoms with Gasteiger partial charge in [-0.05, 0) is 49.4 Å². The molecule has 0 fully saturated rings. The molecular formula is C21H27NO2. The third kappa shape index (κ3) is 4.60. The average Bonchev–Trinajstić information content (AvgIpc) is 2.62. The lowest BCUT2D eigenvalue weighted by Gasteiger charge is -2.20. The van der Waals surface area contributed by atoms with Crippen molar-refractivity contribution in [2.75, 3.05) is 0 Å². The smallest absolute Gasteiger partial charge is 0.261 e. The number of amides is 1. The van der Waals surface area contributed by atoms with Gasteiger partial charge < -0.3 is 10.1 Å². The number of hydrogen-bond acceptors (Lipinski definition) is 2. The van der Waals surface area contributed by atoms with E-state index in [0.717, 1.165) is 29.7 Å². The van der Waals surface area contributed by atoms with Gasteiger partial charge in [-0.15, -0.1) is 0 Å². The van der Waals surface area contributed by atoms with Crippen molar-refractivity contribution >= 4 is 5.91 Å². The topological polar surface area (TPSA) is 38.3 Å². The fraction of sp³-hybridized carbons (Fsp3) is 0.381. The lowest BCUT2D eigenvalue weighted by atomic mass is 10.0. The van der Waals surface area contributed by atoms with Crippen LogP contribution in [-0.4, -0.2) is 12.0 Å². The summed E-state index contributed by atoms with van der Waals surface area (Å²) in [5.74, 6) is 0.676. The second-order valence-electron chi connectivity index (χ2n) is 6.05. The van der Waals surface area contributed by atoms with Crippen molar-refractivity contribution in [3.05, 3.63) is 65.2 Å². The van der Waals surface area contributed by atoms with Gasteiger partial charge in [0, 0.05) is 0 Å². The molecule has 0 radical (unpaired) electrons. The highest BCUT2D eigenvalue weighted by molar-refractivity contribution is 5.81. The molecule has 3 heteroatoms. The third-order valence-electron chi connectivity index (χ3n) is 4.27. The molecule has 2 aromatic carbocycles. The van der Waals surface area contributed by atoms with Crippen molar-refractivity contribution in [3.63, 3.8) is 0 Å². The molecule has 24 heavy (non-hydrogen) atoms. The van der Waals surface area contributed by atoms with Crippen molar-refractivity contribution in [2.45, 2.75) is 52.7 Å². The molecule has 0 aliphatic carbocycles. The number of carbonyl (C=O) groups excluding carboxylic acids is 1. The fourth-order valence-electron chi connectivity index (χ4n) is 2.61. The standard InChI is InChI=1S/C21H27NO2/c1-5-17-11-13-19(14-12-17)15(3)22-21(23)16(4)24-20-10-8-7-9-18(20)6-2/h7-16H,5-6H2,1-4H3,(H,22,23)/t15-,16-/m0/s1. The average molecular weight is 325 g/mol. The molecule has 0 aromatic heterocycles. The third-order valence-corrected chi connectivity index (χ3v) is 4.27. The van der Waals surface area contributed by atoms with E-state index in [-0.39, 0.29) is 11.9 Å². The maximum absolute atomic E-state index is 12.4. The number of ether oxygens (including phenoxy) is 1. The number of aryl methyl sites for hydroxylation is 2. The molecule has 0 saturated heterocycles. The lowest BCUT2D eigenvalue weighted by Crippen LogP contribution is -2.37. The van der Waals surface area contributed by atoms with Crippen LogP contribution in [0, 0.1) is 0 Å². The van der Waals surface area contributed by atoms with Gasteiger partial charge in [0.25, 0.3) is 5.91 Å². The molecule has 1 amide bonds. The van der Waals surface area contributed by atoms with E-state index < -0.39 is 6.10 Å². The molecule has 2 aromatic rings. The molecule has 0 unspecified atom stereocenters. The van der Waals surface area contributed by atoms with Gasteiger partial charge in [-0.2, -0.15) is 0 Å². The Morgan fingerprint density at radius 1 is 1.00 bits per heavy atom. The Labute approximate surface area is 145 Å². The Morgan fingerprint density at radius 3 is 2.29 bits per heavy atom. The quantitative estimate of drug-likeness (QED) is 0.816. The zero-order valence-corrected chi connectivity index (χ0v) is 15.0. The van der Waals surface area contributed by atoms with Crippen molar-refractivity contribution in [3.8, 4) is 5.75 Å². The number of benzene rings is 2. The molecule has 2 rings (SSSR count). The summed E-state index contributed by atoms with van der Waals surface area (Å²) < 4.78 is 5.86. The summed E-state index contributed by atoms with van der Waals surface area (Å²) in [5.41, 5.74) is 3.51. The zero-order chi connectivity index (χ0) is 17.5. The second kappa shape index (κ2) is 8.53. The highest BCUT2D eigenvalue weighted by atomic mass is 16.5. The number of carbonyl (C=O) groups is 1. The maximum atomic E-state index is 12.4. The van der Waals surface area contributed by atoms with Gasteiger partial charge >= 0.3 is 0 Å². The largest absolute Gasteiger partial charge is 0.481 e. The molecule has 128 valence electrons. The van der Waals surface area contributed by atoms with Gasteiger partial charge in [0.05, 0.1) is 6.04 Å². The van der Waals surface area contributed by atoms with Crippen LogP contribution in [-0.2, 0) is 17.6 Å². The van der Waals surface area contributed by atoms with E-state index in [4.69, 9.17) is 4.74 Å². The number of nitrogens with one attached hydrogen (secondary N) is 1. The predicted molar refractivity (Wildman–Crippen MR) is 98.3 cm³/mol.